The van der Waals surface area contributed by atoms with E-state index in [0.717, 1.165) is 31.2 Å². The first-order valence-corrected chi connectivity index (χ1v) is 12.8. The van der Waals surface area contributed by atoms with Crippen LogP contribution < -0.4 is 23.7 Å². The van der Waals surface area contributed by atoms with Crippen molar-refractivity contribution >= 4 is 5.97 Å². The highest BCUT2D eigenvalue weighted by atomic mass is 16.6. The monoisotopic (exact) mass is 484 g/mol. The zero-order valence-corrected chi connectivity index (χ0v) is 22.0. The van der Waals surface area contributed by atoms with E-state index in [1.807, 2.05) is 71.9 Å². The molecule has 1 aliphatic rings. The Balaban J connectivity index is 1.85. The van der Waals surface area contributed by atoms with Crippen LogP contribution in [-0.4, -0.2) is 31.4 Å². The fraction of sp³-hybridized carbons (Fsp3) is 0.552. The smallest absolute Gasteiger partial charge is 0.317 e. The summed E-state index contributed by atoms with van der Waals surface area (Å²) < 4.78 is 30.6. The molecule has 3 rings (SSSR count). The summed E-state index contributed by atoms with van der Waals surface area (Å²) in [6, 6.07) is 11.3. The van der Waals surface area contributed by atoms with Crippen LogP contribution in [0.3, 0.4) is 0 Å². The van der Waals surface area contributed by atoms with E-state index in [1.54, 1.807) is 6.07 Å². The number of carbonyl (C=O) groups excluding carboxylic acids is 1. The second kappa shape index (κ2) is 12.2. The number of hydrogen-bond acceptors (Lipinski definition) is 6. The summed E-state index contributed by atoms with van der Waals surface area (Å²) in [6.45, 7) is 12.7. The standard InChI is InChI=1S/C29H40O6/c1-7-29(5,6)28(30)35-24-17-13-11-15-22(24)33-21-14-10-12-16-23(21)34-27-25(31-8-2)18-20(4)19-26(27)32-9-3/h11,13,15,17-19,21,23H,7-10,12,14,16H2,1-6H3. The number of aryl methyl sites for hydroxylation is 1. The number of rotatable bonds is 11. The molecule has 0 spiro atoms. The van der Waals surface area contributed by atoms with Gasteiger partial charge in [-0.1, -0.05) is 19.1 Å². The molecule has 0 saturated heterocycles. The van der Waals surface area contributed by atoms with Crippen molar-refractivity contribution in [2.75, 3.05) is 13.2 Å². The number of ether oxygens (including phenoxy) is 5. The molecular formula is C29H40O6. The van der Waals surface area contributed by atoms with Gasteiger partial charge in [0, 0.05) is 0 Å². The highest BCUT2D eigenvalue weighted by molar-refractivity contribution is 5.78. The van der Waals surface area contributed by atoms with Gasteiger partial charge in [0.1, 0.15) is 12.2 Å². The van der Waals surface area contributed by atoms with Crippen molar-refractivity contribution in [3.8, 4) is 28.7 Å². The van der Waals surface area contributed by atoms with E-state index >= 15 is 0 Å². The quantitative estimate of drug-likeness (QED) is 0.255. The summed E-state index contributed by atoms with van der Waals surface area (Å²) in [4.78, 5) is 12.7. The fourth-order valence-corrected chi connectivity index (χ4v) is 4.01. The first kappa shape index (κ1) is 26.7. The van der Waals surface area contributed by atoms with Crippen LogP contribution in [0.15, 0.2) is 36.4 Å². The Kier molecular flexibility index (Phi) is 9.30. The van der Waals surface area contributed by atoms with Gasteiger partial charge in [0.2, 0.25) is 5.75 Å². The molecule has 0 aliphatic heterocycles. The topological polar surface area (TPSA) is 63.2 Å². The Morgan fingerprint density at radius 3 is 1.94 bits per heavy atom. The van der Waals surface area contributed by atoms with Crippen molar-refractivity contribution < 1.29 is 28.5 Å². The molecule has 1 aliphatic carbocycles. The summed E-state index contributed by atoms with van der Waals surface area (Å²) in [5.74, 6) is 2.68. The van der Waals surface area contributed by atoms with Gasteiger partial charge in [-0.2, -0.15) is 0 Å². The summed E-state index contributed by atoms with van der Waals surface area (Å²) in [7, 11) is 0. The molecule has 35 heavy (non-hydrogen) atoms. The van der Waals surface area contributed by atoms with Crippen LogP contribution >= 0.6 is 0 Å². The lowest BCUT2D eigenvalue weighted by atomic mass is 9.91. The molecule has 2 aromatic carbocycles. The molecule has 2 aromatic rings. The van der Waals surface area contributed by atoms with Crippen molar-refractivity contribution in [1.82, 2.24) is 0 Å². The van der Waals surface area contributed by atoms with Gasteiger partial charge in [-0.25, -0.2) is 0 Å². The molecular weight excluding hydrogens is 444 g/mol. The Bertz CT molecular complexity index is 956. The van der Waals surface area contributed by atoms with Crippen LogP contribution in [0.1, 0.15) is 72.3 Å². The maximum Gasteiger partial charge on any atom is 0.317 e. The second-order valence-corrected chi connectivity index (χ2v) is 9.63. The number of carbonyl (C=O) groups is 1. The molecule has 192 valence electrons. The molecule has 0 amide bonds. The van der Waals surface area contributed by atoms with E-state index < -0.39 is 5.41 Å². The molecule has 1 saturated carbocycles. The minimum atomic E-state index is -0.569. The highest BCUT2D eigenvalue weighted by Crippen LogP contribution is 2.42. The number of para-hydroxylation sites is 2. The van der Waals surface area contributed by atoms with Gasteiger partial charge >= 0.3 is 5.97 Å². The number of hydrogen-bond donors (Lipinski definition) is 0. The Hall–Kier alpha value is -2.89. The third-order valence-electron chi connectivity index (χ3n) is 6.44. The average Bonchev–Trinajstić information content (AvgIpc) is 2.83. The molecule has 1 fully saturated rings. The zero-order chi connectivity index (χ0) is 25.4. The summed E-state index contributed by atoms with van der Waals surface area (Å²) in [5, 5.41) is 0. The van der Waals surface area contributed by atoms with Gasteiger partial charge in [0.25, 0.3) is 0 Å². The summed E-state index contributed by atoms with van der Waals surface area (Å²) >= 11 is 0. The van der Waals surface area contributed by atoms with E-state index in [2.05, 4.69) is 0 Å². The SMILES string of the molecule is CCOc1cc(C)cc(OCC)c1OC1CCCCC1Oc1ccccc1OC(=O)C(C)(C)CC. The second-order valence-electron chi connectivity index (χ2n) is 9.63. The minimum Gasteiger partial charge on any atom is -0.490 e. The first-order chi connectivity index (χ1) is 16.8. The van der Waals surface area contributed by atoms with Crippen LogP contribution in [0.25, 0.3) is 0 Å². The normalized spacial score (nSPS) is 18.0. The number of benzene rings is 2. The van der Waals surface area contributed by atoms with E-state index in [1.165, 1.54) is 0 Å². The Morgan fingerprint density at radius 2 is 1.40 bits per heavy atom. The van der Waals surface area contributed by atoms with Crippen LogP contribution in [0.2, 0.25) is 0 Å². The van der Waals surface area contributed by atoms with Gasteiger partial charge in [-0.15, -0.1) is 0 Å². The van der Waals surface area contributed by atoms with Crippen LogP contribution in [0.5, 0.6) is 28.7 Å². The lowest BCUT2D eigenvalue weighted by molar-refractivity contribution is -0.144. The summed E-state index contributed by atoms with van der Waals surface area (Å²) in [5.41, 5.74) is 0.479. The maximum absolute atomic E-state index is 12.7. The molecule has 0 heterocycles. The van der Waals surface area contributed by atoms with Crippen LogP contribution in [0, 0.1) is 12.3 Å². The molecule has 0 radical (unpaired) electrons. The molecule has 6 nitrogen and oxygen atoms in total. The van der Waals surface area contributed by atoms with Crippen molar-refractivity contribution in [1.29, 1.82) is 0 Å². The highest BCUT2D eigenvalue weighted by Gasteiger charge is 2.33. The molecule has 2 unspecified atom stereocenters. The van der Waals surface area contributed by atoms with Crippen molar-refractivity contribution in [2.45, 2.75) is 85.9 Å². The van der Waals surface area contributed by atoms with Crippen molar-refractivity contribution in [3.63, 3.8) is 0 Å². The van der Waals surface area contributed by atoms with E-state index in [9.17, 15) is 4.79 Å². The predicted octanol–water partition coefficient (Wildman–Crippen LogP) is 6.90. The van der Waals surface area contributed by atoms with Gasteiger partial charge in [0.15, 0.2) is 23.0 Å². The Labute approximate surface area is 209 Å². The number of esters is 1. The first-order valence-electron chi connectivity index (χ1n) is 12.8. The van der Waals surface area contributed by atoms with Gasteiger partial charge in [-0.05, 0) is 96.6 Å². The van der Waals surface area contributed by atoms with E-state index in [4.69, 9.17) is 23.7 Å². The fourth-order valence-electron chi connectivity index (χ4n) is 4.01. The predicted molar refractivity (Wildman–Crippen MR) is 137 cm³/mol. The van der Waals surface area contributed by atoms with E-state index in [-0.39, 0.29) is 18.2 Å². The third kappa shape index (κ3) is 6.83. The van der Waals surface area contributed by atoms with Crippen molar-refractivity contribution in [3.05, 3.63) is 42.0 Å². The molecule has 0 bridgehead atoms. The summed E-state index contributed by atoms with van der Waals surface area (Å²) in [6.07, 6.45) is 4.07. The minimum absolute atomic E-state index is 0.194. The third-order valence-corrected chi connectivity index (χ3v) is 6.44. The van der Waals surface area contributed by atoms with Crippen molar-refractivity contribution in [2.24, 2.45) is 5.41 Å². The lowest BCUT2D eigenvalue weighted by Gasteiger charge is -2.33. The molecule has 0 N–H and O–H groups in total. The lowest BCUT2D eigenvalue weighted by Crippen LogP contribution is -2.39. The largest absolute Gasteiger partial charge is 0.490 e. The van der Waals surface area contributed by atoms with Gasteiger partial charge < -0.3 is 23.7 Å². The van der Waals surface area contributed by atoms with Crippen LogP contribution in [0.4, 0.5) is 0 Å². The average molecular weight is 485 g/mol. The molecule has 0 aromatic heterocycles. The van der Waals surface area contributed by atoms with E-state index in [0.29, 0.717) is 48.4 Å². The van der Waals surface area contributed by atoms with Crippen LogP contribution in [-0.2, 0) is 4.79 Å². The van der Waals surface area contributed by atoms with Gasteiger partial charge in [-0.3, -0.25) is 4.79 Å². The maximum atomic E-state index is 12.7. The molecule has 2 atom stereocenters. The Morgan fingerprint density at radius 1 is 0.857 bits per heavy atom. The zero-order valence-electron chi connectivity index (χ0n) is 22.0. The molecule has 6 heteroatoms. The van der Waals surface area contributed by atoms with Gasteiger partial charge in [0.05, 0.1) is 18.6 Å².